The highest BCUT2D eigenvalue weighted by Crippen LogP contribution is 2.33. The molecule has 0 unspecified atom stereocenters. The van der Waals surface area contributed by atoms with Gasteiger partial charge in [-0.05, 0) is 102 Å². The van der Waals surface area contributed by atoms with Gasteiger partial charge in [-0.15, -0.1) is 0 Å². The summed E-state index contributed by atoms with van der Waals surface area (Å²) in [4.78, 5) is 30.9. The molecule has 0 aromatic heterocycles. The van der Waals surface area contributed by atoms with E-state index in [0.29, 0.717) is 47.7 Å². The third-order valence-electron chi connectivity index (χ3n) is 5.98. The Labute approximate surface area is 246 Å². The Hall–Kier alpha value is -3.30. The van der Waals surface area contributed by atoms with Crippen molar-refractivity contribution >= 4 is 46.4 Å². The number of hydrogen-bond acceptors (Lipinski definition) is 6. The predicted octanol–water partition coefficient (Wildman–Crippen LogP) is 6.00. The quantitative estimate of drug-likeness (QED) is 0.271. The molecule has 0 aliphatic heterocycles. The molecule has 0 fully saturated rings. The first kappa shape index (κ1) is 31.2. The molecule has 0 atom stereocenters. The average Bonchev–Trinajstić information content (AvgIpc) is 2.87. The van der Waals surface area contributed by atoms with Crippen LogP contribution < -0.4 is 20.1 Å². The van der Waals surface area contributed by atoms with Gasteiger partial charge in [-0.2, -0.15) is 0 Å². The number of ether oxygens (including phenoxy) is 2. The first-order valence-electron chi connectivity index (χ1n) is 12.8. The molecule has 2 N–H and O–H groups in total. The van der Waals surface area contributed by atoms with Gasteiger partial charge in [0.2, 0.25) is 0 Å². The molecule has 10 heteroatoms. The Morgan fingerprint density at radius 1 is 0.700 bits per heavy atom. The van der Waals surface area contributed by atoms with Crippen LogP contribution in [0.4, 0.5) is 11.4 Å². The molecule has 0 aliphatic rings. The van der Waals surface area contributed by atoms with Crippen LogP contribution in [0.3, 0.4) is 0 Å². The van der Waals surface area contributed by atoms with Gasteiger partial charge in [-0.1, -0.05) is 23.2 Å². The summed E-state index contributed by atoms with van der Waals surface area (Å²) >= 11 is 12.3. The zero-order valence-electron chi connectivity index (χ0n) is 23.7. The summed E-state index contributed by atoms with van der Waals surface area (Å²) in [6.45, 7) is 5.53. The minimum absolute atomic E-state index is 0.198. The fourth-order valence-electron chi connectivity index (χ4n) is 3.69. The number of benzene rings is 3. The second-order valence-electron chi connectivity index (χ2n) is 9.99. The van der Waals surface area contributed by atoms with Crippen molar-refractivity contribution < 1.29 is 19.1 Å². The van der Waals surface area contributed by atoms with E-state index in [0.717, 1.165) is 11.1 Å². The molecular formula is C30H36Cl2N4O4. The standard InChI is InChI=1S/C30H36Cl2N4O4/c1-19-15-22(7-9-24(19)31)33-29(37)21-17-26(39-13-11-35(3)4)28(27(18-21)40-14-12-36(5)6)30(38)34-23-8-10-25(32)20(2)16-23/h7-10,15-18H,11-14H2,1-6H3,(H,33,37)(H,34,38). The molecule has 40 heavy (non-hydrogen) atoms. The van der Waals surface area contributed by atoms with Gasteiger partial charge in [0.25, 0.3) is 11.8 Å². The SMILES string of the molecule is Cc1cc(NC(=O)c2cc(OCCN(C)C)c(C(=O)Nc3ccc(Cl)c(C)c3)c(OCCN(C)C)c2)ccc1Cl. The summed E-state index contributed by atoms with van der Waals surface area (Å²) in [5, 5.41) is 7.02. The molecule has 3 aromatic carbocycles. The number of nitrogens with one attached hydrogen (secondary N) is 2. The van der Waals surface area contributed by atoms with E-state index in [1.54, 1.807) is 48.5 Å². The second kappa shape index (κ2) is 14.4. The molecule has 3 aromatic rings. The highest BCUT2D eigenvalue weighted by molar-refractivity contribution is 6.31. The number of carbonyl (C=O) groups excluding carboxylic acids is 2. The van der Waals surface area contributed by atoms with Gasteiger partial charge in [0.05, 0.1) is 0 Å². The molecule has 0 radical (unpaired) electrons. The van der Waals surface area contributed by atoms with E-state index in [4.69, 9.17) is 32.7 Å². The first-order chi connectivity index (χ1) is 18.9. The third-order valence-corrected chi connectivity index (χ3v) is 6.83. The highest BCUT2D eigenvalue weighted by atomic mass is 35.5. The molecule has 0 saturated heterocycles. The fraction of sp³-hybridized carbons (Fsp3) is 0.333. The summed E-state index contributed by atoms with van der Waals surface area (Å²) in [7, 11) is 7.70. The molecule has 0 spiro atoms. The van der Waals surface area contributed by atoms with Crippen LogP contribution >= 0.6 is 23.2 Å². The van der Waals surface area contributed by atoms with Crippen LogP contribution in [0.1, 0.15) is 31.8 Å². The van der Waals surface area contributed by atoms with Gasteiger partial charge in [-0.3, -0.25) is 9.59 Å². The monoisotopic (exact) mass is 586 g/mol. The molecule has 0 saturated carbocycles. The molecule has 0 heterocycles. The van der Waals surface area contributed by atoms with Crippen molar-refractivity contribution in [2.45, 2.75) is 13.8 Å². The molecule has 3 rings (SSSR count). The minimum atomic E-state index is -0.429. The fourth-order valence-corrected chi connectivity index (χ4v) is 3.93. The zero-order chi connectivity index (χ0) is 29.4. The Kier molecular flexibility index (Phi) is 11.2. The predicted molar refractivity (Wildman–Crippen MR) is 163 cm³/mol. The van der Waals surface area contributed by atoms with Gasteiger partial charge in [-0.25, -0.2) is 0 Å². The van der Waals surface area contributed by atoms with Gasteiger partial charge < -0.3 is 29.9 Å². The van der Waals surface area contributed by atoms with E-state index in [-0.39, 0.29) is 28.5 Å². The highest BCUT2D eigenvalue weighted by Gasteiger charge is 2.24. The largest absolute Gasteiger partial charge is 0.491 e. The lowest BCUT2D eigenvalue weighted by atomic mass is 10.1. The lowest BCUT2D eigenvalue weighted by molar-refractivity contribution is 0.100. The van der Waals surface area contributed by atoms with Crippen LogP contribution in [0.5, 0.6) is 11.5 Å². The Balaban J connectivity index is 2.03. The maximum atomic E-state index is 13.6. The van der Waals surface area contributed by atoms with Gasteiger partial charge in [0, 0.05) is 40.1 Å². The van der Waals surface area contributed by atoms with Crippen LogP contribution in [0, 0.1) is 13.8 Å². The van der Waals surface area contributed by atoms with Crippen LogP contribution in [0.15, 0.2) is 48.5 Å². The number of halogens is 2. The lowest BCUT2D eigenvalue weighted by Gasteiger charge is -2.20. The topological polar surface area (TPSA) is 83.1 Å². The van der Waals surface area contributed by atoms with Crippen molar-refractivity contribution in [2.75, 3.05) is 65.1 Å². The number of carbonyl (C=O) groups is 2. The maximum absolute atomic E-state index is 13.6. The second-order valence-corrected chi connectivity index (χ2v) is 10.8. The van der Waals surface area contributed by atoms with Crippen molar-refractivity contribution in [3.63, 3.8) is 0 Å². The van der Waals surface area contributed by atoms with Crippen LogP contribution in [-0.4, -0.2) is 76.1 Å². The van der Waals surface area contributed by atoms with E-state index in [1.807, 2.05) is 51.8 Å². The van der Waals surface area contributed by atoms with Gasteiger partial charge in [0.1, 0.15) is 30.3 Å². The smallest absolute Gasteiger partial charge is 0.263 e. The molecule has 8 nitrogen and oxygen atoms in total. The van der Waals surface area contributed by atoms with Crippen molar-refractivity contribution in [3.8, 4) is 11.5 Å². The zero-order valence-corrected chi connectivity index (χ0v) is 25.2. The van der Waals surface area contributed by atoms with Crippen molar-refractivity contribution in [1.82, 2.24) is 9.80 Å². The molecular weight excluding hydrogens is 551 g/mol. The number of nitrogens with zero attached hydrogens (tertiary/aromatic N) is 2. The van der Waals surface area contributed by atoms with Crippen LogP contribution in [-0.2, 0) is 0 Å². The van der Waals surface area contributed by atoms with Crippen molar-refractivity contribution in [3.05, 3.63) is 80.8 Å². The Bertz CT molecular complexity index is 1330. The summed E-state index contributed by atoms with van der Waals surface area (Å²) in [5.74, 6) is -0.326. The number of likely N-dealkylation sites (N-methyl/N-ethyl adjacent to an activating group) is 2. The number of rotatable bonds is 12. The number of amides is 2. The van der Waals surface area contributed by atoms with E-state index >= 15 is 0 Å². The summed E-state index contributed by atoms with van der Waals surface area (Å²) in [5.41, 5.74) is 3.32. The third kappa shape index (κ3) is 8.86. The first-order valence-corrected chi connectivity index (χ1v) is 13.6. The van der Waals surface area contributed by atoms with E-state index < -0.39 is 5.91 Å². The normalized spacial score (nSPS) is 11.1. The Morgan fingerprint density at radius 2 is 1.12 bits per heavy atom. The summed E-state index contributed by atoms with van der Waals surface area (Å²) in [6, 6.07) is 13.6. The van der Waals surface area contributed by atoms with Crippen LogP contribution in [0.25, 0.3) is 0 Å². The van der Waals surface area contributed by atoms with E-state index in [9.17, 15) is 9.59 Å². The Morgan fingerprint density at radius 3 is 1.52 bits per heavy atom. The number of hydrogen-bond donors (Lipinski definition) is 2. The number of aryl methyl sites for hydroxylation is 2. The number of anilines is 2. The lowest BCUT2D eigenvalue weighted by Crippen LogP contribution is -2.23. The molecule has 2 amide bonds. The van der Waals surface area contributed by atoms with Gasteiger partial charge >= 0.3 is 0 Å². The average molecular weight is 588 g/mol. The van der Waals surface area contributed by atoms with Crippen molar-refractivity contribution in [1.29, 1.82) is 0 Å². The molecule has 214 valence electrons. The molecule has 0 bridgehead atoms. The van der Waals surface area contributed by atoms with E-state index in [1.165, 1.54) is 0 Å². The van der Waals surface area contributed by atoms with E-state index in [2.05, 4.69) is 10.6 Å². The molecule has 0 aliphatic carbocycles. The summed E-state index contributed by atoms with van der Waals surface area (Å²) in [6.07, 6.45) is 0. The maximum Gasteiger partial charge on any atom is 0.263 e. The van der Waals surface area contributed by atoms with Crippen LogP contribution in [0.2, 0.25) is 10.0 Å². The minimum Gasteiger partial charge on any atom is -0.491 e. The van der Waals surface area contributed by atoms with Gasteiger partial charge in [0.15, 0.2) is 0 Å². The van der Waals surface area contributed by atoms with Crippen molar-refractivity contribution in [2.24, 2.45) is 0 Å². The summed E-state index contributed by atoms with van der Waals surface area (Å²) < 4.78 is 12.2.